The van der Waals surface area contributed by atoms with Crippen LogP contribution >= 0.6 is 0 Å². The third-order valence-corrected chi connectivity index (χ3v) is 5.96. The summed E-state index contributed by atoms with van der Waals surface area (Å²) < 4.78 is 0. The molecule has 2 aliphatic rings. The van der Waals surface area contributed by atoms with Crippen molar-refractivity contribution in [2.45, 2.75) is 51.0 Å². The number of hydrogen-bond acceptors (Lipinski definition) is 4. The highest BCUT2D eigenvalue weighted by Crippen LogP contribution is 2.26. The van der Waals surface area contributed by atoms with Crippen LogP contribution in [0.25, 0.3) is 0 Å². The lowest BCUT2D eigenvalue weighted by atomic mass is 9.91. The Labute approximate surface area is 158 Å². The van der Waals surface area contributed by atoms with Crippen LogP contribution in [0.2, 0.25) is 0 Å². The molecule has 0 spiro atoms. The number of hydrogen-bond donors (Lipinski definition) is 0. The Balaban J connectivity index is 1.60. The summed E-state index contributed by atoms with van der Waals surface area (Å²) in [7, 11) is 6.20. The van der Waals surface area contributed by atoms with Crippen molar-refractivity contribution < 1.29 is 4.79 Å². The number of piperidine rings is 2. The Morgan fingerprint density at radius 2 is 1.92 bits per heavy atom. The van der Waals surface area contributed by atoms with E-state index in [9.17, 15) is 4.79 Å². The number of rotatable bonds is 5. The van der Waals surface area contributed by atoms with Crippen LogP contribution in [0.4, 0.5) is 5.82 Å². The minimum atomic E-state index is 0.238. The van der Waals surface area contributed by atoms with Crippen molar-refractivity contribution in [3.8, 4) is 0 Å². The minimum absolute atomic E-state index is 0.238. The van der Waals surface area contributed by atoms with Crippen molar-refractivity contribution in [2.75, 3.05) is 45.7 Å². The topological polar surface area (TPSA) is 39.7 Å². The Hall–Kier alpha value is -1.62. The molecule has 0 bridgehead atoms. The van der Waals surface area contributed by atoms with Gasteiger partial charge >= 0.3 is 0 Å². The van der Waals surface area contributed by atoms with Crippen LogP contribution in [-0.4, -0.2) is 67.5 Å². The first-order valence-corrected chi connectivity index (χ1v) is 10.2. The second-order valence-electron chi connectivity index (χ2n) is 8.18. The molecule has 0 aromatic carbocycles. The molecule has 3 rings (SSSR count). The minimum Gasteiger partial charge on any atom is -0.363 e. The van der Waals surface area contributed by atoms with E-state index in [4.69, 9.17) is 4.98 Å². The molecule has 144 valence electrons. The summed E-state index contributed by atoms with van der Waals surface area (Å²) in [6.07, 6.45) is 7.56. The van der Waals surface area contributed by atoms with Crippen LogP contribution in [0.5, 0.6) is 0 Å². The van der Waals surface area contributed by atoms with Gasteiger partial charge in [0.05, 0.1) is 0 Å². The number of carbonyl (C=O) groups is 1. The van der Waals surface area contributed by atoms with Gasteiger partial charge in [0.1, 0.15) is 5.82 Å². The molecule has 1 aromatic heterocycles. The number of nitrogens with zero attached hydrogens (tertiary/aromatic N) is 4. The second kappa shape index (κ2) is 8.85. The van der Waals surface area contributed by atoms with E-state index in [1.807, 2.05) is 25.1 Å². The lowest BCUT2D eigenvalue weighted by Crippen LogP contribution is -2.48. The molecule has 1 amide bonds. The maximum atomic E-state index is 13.1. The van der Waals surface area contributed by atoms with Gasteiger partial charge in [0.25, 0.3) is 0 Å². The largest absolute Gasteiger partial charge is 0.363 e. The number of aryl methyl sites for hydroxylation is 1. The molecule has 0 N–H and O–H groups in total. The molecule has 0 radical (unpaired) electrons. The van der Waals surface area contributed by atoms with Crippen molar-refractivity contribution in [2.24, 2.45) is 5.92 Å². The van der Waals surface area contributed by atoms with Crippen LogP contribution < -0.4 is 4.90 Å². The molecule has 2 aliphatic heterocycles. The molecular weight excluding hydrogens is 324 g/mol. The Morgan fingerprint density at radius 3 is 2.65 bits per heavy atom. The van der Waals surface area contributed by atoms with E-state index in [2.05, 4.69) is 29.0 Å². The van der Waals surface area contributed by atoms with Crippen molar-refractivity contribution in [3.05, 3.63) is 23.9 Å². The van der Waals surface area contributed by atoms with Gasteiger partial charge in [0.2, 0.25) is 5.91 Å². The predicted molar refractivity (Wildman–Crippen MR) is 106 cm³/mol. The average molecular weight is 359 g/mol. The maximum absolute atomic E-state index is 13.1. The van der Waals surface area contributed by atoms with Gasteiger partial charge in [0.15, 0.2) is 0 Å². The molecule has 1 atom stereocenters. The third-order valence-electron chi connectivity index (χ3n) is 5.96. The highest BCUT2D eigenvalue weighted by atomic mass is 16.2. The van der Waals surface area contributed by atoms with E-state index in [0.717, 1.165) is 69.7 Å². The van der Waals surface area contributed by atoms with E-state index in [1.165, 1.54) is 6.42 Å². The smallest absolute Gasteiger partial charge is 0.226 e. The molecule has 0 saturated carbocycles. The molecule has 5 nitrogen and oxygen atoms in total. The number of carbonyl (C=O) groups excluding carboxylic acids is 1. The Bertz CT molecular complexity index is 595. The predicted octanol–water partition coefficient (Wildman–Crippen LogP) is 2.80. The number of amides is 1. The second-order valence-corrected chi connectivity index (χ2v) is 8.18. The zero-order chi connectivity index (χ0) is 18.5. The molecule has 0 unspecified atom stereocenters. The average Bonchev–Trinajstić information content (AvgIpc) is 2.67. The SMILES string of the molecule is CN1CCC(C(=O)N2CCCC[C@H]2CCc2cccc(N(C)C)n2)CC1. The van der Waals surface area contributed by atoms with E-state index in [-0.39, 0.29) is 5.92 Å². The maximum Gasteiger partial charge on any atom is 0.226 e. The highest BCUT2D eigenvalue weighted by Gasteiger charge is 2.32. The zero-order valence-electron chi connectivity index (χ0n) is 16.7. The van der Waals surface area contributed by atoms with E-state index in [0.29, 0.717) is 11.9 Å². The number of pyridine rings is 1. The number of anilines is 1. The fourth-order valence-corrected chi connectivity index (χ4v) is 4.25. The molecule has 2 fully saturated rings. The van der Waals surface area contributed by atoms with E-state index in [1.54, 1.807) is 0 Å². The lowest BCUT2D eigenvalue weighted by molar-refractivity contribution is -0.140. The van der Waals surface area contributed by atoms with Crippen molar-refractivity contribution in [1.82, 2.24) is 14.8 Å². The molecule has 2 saturated heterocycles. The number of aromatic nitrogens is 1. The lowest BCUT2D eigenvalue weighted by Gasteiger charge is -2.39. The summed E-state index contributed by atoms with van der Waals surface area (Å²) in [4.78, 5) is 24.4. The molecular formula is C21H34N4O. The fourth-order valence-electron chi connectivity index (χ4n) is 4.25. The van der Waals surface area contributed by atoms with Crippen LogP contribution in [-0.2, 0) is 11.2 Å². The zero-order valence-corrected chi connectivity index (χ0v) is 16.7. The molecule has 3 heterocycles. The van der Waals surface area contributed by atoms with E-state index < -0.39 is 0 Å². The summed E-state index contributed by atoms with van der Waals surface area (Å²) in [5, 5.41) is 0. The third kappa shape index (κ3) is 4.76. The van der Waals surface area contributed by atoms with Gasteiger partial charge in [-0.25, -0.2) is 4.98 Å². The first kappa shape index (κ1) is 19.2. The van der Waals surface area contributed by atoms with Gasteiger partial charge < -0.3 is 14.7 Å². The van der Waals surface area contributed by atoms with Crippen molar-refractivity contribution >= 4 is 11.7 Å². The van der Waals surface area contributed by atoms with Gasteiger partial charge in [-0.3, -0.25) is 4.79 Å². The summed E-state index contributed by atoms with van der Waals surface area (Å²) in [6.45, 7) is 3.05. The first-order chi connectivity index (χ1) is 12.5. The molecule has 26 heavy (non-hydrogen) atoms. The van der Waals surface area contributed by atoms with Crippen LogP contribution in [0, 0.1) is 5.92 Å². The normalized spacial score (nSPS) is 22.4. The number of likely N-dealkylation sites (tertiary alicyclic amines) is 2. The van der Waals surface area contributed by atoms with Gasteiger partial charge in [-0.1, -0.05) is 6.07 Å². The summed E-state index contributed by atoms with van der Waals surface area (Å²) in [6, 6.07) is 6.62. The standard InChI is InChI=1S/C21H34N4O/c1-23(2)20-9-6-7-18(22-20)10-11-19-8-4-5-14-25(19)21(26)17-12-15-24(3)16-13-17/h6-7,9,17,19H,4-5,8,10-16H2,1-3H3/t19-/m0/s1. The van der Waals surface area contributed by atoms with Gasteiger partial charge in [-0.2, -0.15) is 0 Å². The van der Waals surface area contributed by atoms with Crippen LogP contribution in [0.1, 0.15) is 44.2 Å². The van der Waals surface area contributed by atoms with Crippen molar-refractivity contribution in [3.63, 3.8) is 0 Å². The van der Waals surface area contributed by atoms with Crippen molar-refractivity contribution in [1.29, 1.82) is 0 Å². The molecule has 5 heteroatoms. The van der Waals surface area contributed by atoms with E-state index >= 15 is 0 Å². The quantitative estimate of drug-likeness (QED) is 0.811. The Morgan fingerprint density at radius 1 is 1.15 bits per heavy atom. The van der Waals surface area contributed by atoms with Crippen LogP contribution in [0.3, 0.4) is 0 Å². The molecule has 1 aromatic rings. The fraction of sp³-hybridized carbons (Fsp3) is 0.714. The Kier molecular flexibility index (Phi) is 6.52. The highest BCUT2D eigenvalue weighted by molar-refractivity contribution is 5.79. The van der Waals surface area contributed by atoms with Gasteiger partial charge in [0, 0.05) is 38.3 Å². The summed E-state index contributed by atoms with van der Waals surface area (Å²) >= 11 is 0. The monoisotopic (exact) mass is 358 g/mol. The van der Waals surface area contributed by atoms with Crippen LogP contribution in [0.15, 0.2) is 18.2 Å². The van der Waals surface area contributed by atoms with Gasteiger partial charge in [-0.15, -0.1) is 0 Å². The van der Waals surface area contributed by atoms with Gasteiger partial charge in [-0.05, 0) is 77.2 Å². The molecule has 0 aliphatic carbocycles. The summed E-state index contributed by atoms with van der Waals surface area (Å²) in [5.74, 6) is 1.66. The first-order valence-electron chi connectivity index (χ1n) is 10.2. The summed E-state index contributed by atoms with van der Waals surface area (Å²) in [5.41, 5.74) is 1.13.